The van der Waals surface area contributed by atoms with E-state index in [2.05, 4.69) is 15.5 Å². The highest BCUT2D eigenvalue weighted by molar-refractivity contribution is 6.01. The number of anilines is 2. The van der Waals surface area contributed by atoms with Crippen LogP contribution in [-0.4, -0.2) is 56.6 Å². The van der Waals surface area contributed by atoms with Crippen LogP contribution in [0.3, 0.4) is 0 Å². The van der Waals surface area contributed by atoms with Gasteiger partial charge in [0.15, 0.2) is 18.0 Å². The maximum Gasteiger partial charge on any atom is 0.326 e. The SMILES string of the molecule is O=C(C[NH+]1CCN(c2ccccc2O)CC1)NC(=O)Nc1ccc2c(c1)OCO2. The van der Waals surface area contributed by atoms with E-state index in [4.69, 9.17) is 9.47 Å². The van der Waals surface area contributed by atoms with Crippen LogP contribution in [-0.2, 0) is 4.79 Å². The summed E-state index contributed by atoms with van der Waals surface area (Å²) in [5.74, 6) is 1.10. The molecular formula is C20H23N4O5+. The standard InChI is InChI=1S/C20H22N4O5/c25-16-4-2-1-3-15(16)24-9-7-23(8-10-24)12-19(26)22-20(27)21-14-5-6-17-18(11-14)29-13-28-17/h1-6,11,25H,7-10,12-13H2,(H2,21,22,26,27)/p+1. The van der Waals surface area contributed by atoms with Crippen LogP contribution in [0.2, 0.25) is 0 Å². The molecule has 2 aliphatic heterocycles. The summed E-state index contributed by atoms with van der Waals surface area (Å²) in [6, 6.07) is 11.7. The zero-order chi connectivity index (χ0) is 20.2. The zero-order valence-electron chi connectivity index (χ0n) is 15.8. The fourth-order valence-corrected chi connectivity index (χ4v) is 3.51. The van der Waals surface area contributed by atoms with Gasteiger partial charge in [-0.3, -0.25) is 10.1 Å². The molecule has 3 amide bonds. The Hall–Kier alpha value is -3.46. The predicted molar refractivity (Wildman–Crippen MR) is 106 cm³/mol. The monoisotopic (exact) mass is 399 g/mol. The second-order valence-electron chi connectivity index (χ2n) is 6.97. The first kappa shape index (κ1) is 18.9. The van der Waals surface area contributed by atoms with Crippen LogP contribution in [0.1, 0.15) is 0 Å². The number of nitrogens with one attached hydrogen (secondary N) is 3. The zero-order valence-corrected chi connectivity index (χ0v) is 15.8. The van der Waals surface area contributed by atoms with Crippen molar-refractivity contribution in [1.82, 2.24) is 5.32 Å². The van der Waals surface area contributed by atoms with Crippen molar-refractivity contribution >= 4 is 23.3 Å². The maximum absolute atomic E-state index is 12.2. The van der Waals surface area contributed by atoms with Crippen molar-refractivity contribution in [1.29, 1.82) is 0 Å². The fourth-order valence-electron chi connectivity index (χ4n) is 3.51. The number of amides is 3. The normalized spacial score (nSPS) is 15.8. The molecule has 0 radical (unpaired) electrons. The van der Waals surface area contributed by atoms with E-state index in [0.717, 1.165) is 36.8 Å². The molecule has 4 N–H and O–H groups in total. The van der Waals surface area contributed by atoms with E-state index < -0.39 is 6.03 Å². The van der Waals surface area contributed by atoms with Crippen molar-refractivity contribution < 1.29 is 29.1 Å². The first-order chi connectivity index (χ1) is 14.1. The second kappa shape index (κ2) is 8.27. The molecule has 1 fully saturated rings. The summed E-state index contributed by atoms with van der Waals surface area (Å²) < 4.78 is 10.5. The van der Waals surface area contributed by atoms with E-state index in [1.807, 2.05) is 12.1 Å². The van der Waals surface area contributed by atoms with Gasteiger partial charge in [-0.2, -0.15) is 0 Å². The summed E-state index contributed by atoms with van der Waals surface area (Å²) >= 11 is 0. The maximum atomic E-state index is 12.2. The van der Waals surface area contributed by atoms with Crippen LogP contribution in [0.15, 0.2) is 42.5 Å². The van der Waals surface area contributed by atoms with Gasteiger partial charge in [-0.15, -0.1) is 0 Å². The Labute approximate surface area is 167 Å². The summed E-state index contributed by atoms with van der Waals surface area (Å²) in [6.07, 6.45) is 0. The minimum atomic E-state index is -0.582. The Morgan fingerprint density at radius 2 is 1.83 bits per heavy atom. The summed E-state index contributed by atoms with van der Waals surface area (Å²) in [4.78, 5) is 27.5. The van der Waals surface area contributed by atoms with E-state index in [1.165, 1.54) is 0 Å². The van der Waals surface area contributed by atoms with Crippen molar-refractivity contribution in [2.24, 2.45) is 0 Å². The van der Waals surface area contributed by atoms with Crippen molar-refractivity contribution in [3.8, 4) is 17.2 Å². The molecule has 0 spiro atoms. The number of aromatic hydroxyl groups is 1. The number of carbonyl (C=O) groups is 2. The number of carbonyl (C=O) groups excluding carboxylic acids is 2. The number of fused-ring (bicyclic) bond motifs is 1. The highest BCUT2D eigenvalue weighted by atomic mass is 16.7. The lowest BCUT2D eigenvalue weighted by atomic mass is 10.2. The molecule has 0 unspecified atom stereocenters. The topological polar surface area (TPSA) is 105 Å². The minimum absolute atomic E-state index is 0.156. The van der Waals surface area contributed by atoms with E-state index in [0.29, 0.717) is 17.2 Å². The molecule has 29 heavy (non-hydrogen) atoms. The summed E-state index contributed by atoms with van der Waals surface area (Å²) in [5.41, 5.74) is 1.32. The third-order valence-electron chi connectivity index (χ3n) is 4.99. The van der Waals surface area contributed by atoms with E-state index >= 15 is 0 Å². The van der Waals surface area contributed by atoms with Gasteiger partial charge in [-0.05, 0) is 24.3 Å². The smallest absolute Gasteiger partial charge is 0.326 e. The van der Waals surface area contributed by atoms with E-state index in [-0.39, 0.29) is 25.0 Å². The number of phenolic OH excluding ortho intramolecular Hbond substituents is 1. The lowest BCUT2D eigenvalue weighted by Crippen LogP contribution is -3.16. The molecule has 0 bridgehead atoms. The molecule has 2 aromatic rings. The molecule has 0 saturated carbocycles. The van der Waals surface area contributed by atoms with Gasteiger partial charge < -0.3 is 29.7 Å². The third kappa shape index (κ3) is 4.52. The Bertz CT molecular complexity index is 911. The van der Waals surface area contributed by atoms with Gasteiger partial charge in [0, 0.05) is 11.8 Å². The third-order valence-corrected chi connectivity index (χ3v) is 4.99. The molecule has 2 heterocycles. The lowest BCUT2D eigenvalue weighted by Gasteiger charge is -2.33. The molecule has 0 aliphatic carbocycles. The highest BCUT2D eigenvalue weighted by Gasteiger charge is 2.24. The van der Waals surface area contributed by atoms with Crippen molar-refractivity contribution in [3.63, 3.8) is 0 Å². The van der Waals surface area contributed by atoms with Gasteiger partial charge in [-0.1, -0.05) is 12.1 Å². The second-order valence-corrected chi connectivity index (χ2v) is 6.97. The number of rotatable bonds is 4. The number of nitrogens with zero attached hydrogens (tertiary/aromatic N) is 1. The number of piperazine rings is 1. The molecule has 2 aliphatic rings. The molecule has 9 nitrogen and oxygen atoms in total. The predicted octanol–water partition coefficient (Wildman–Crippen LogP) is 0.174. The lowest BCUT2D eigenvalue weighted by molar-refractivity contribution is -0.892. The first-order valence-electron chi connectivity index (χ1n) is 9.45. The Balaban J connectivity index is 1.23. The summed E-state index contributed by atoms with van der Waals surface area (Å²) in [5, 5.41) is 15.0. The molecule has 152 valence electrons. The number of phenols is 1. The van der Waals surface area contributed by atoms with Crippen LogP contribution in [0, 0.1) is 0 Å². The van der Waals surface area contributed by atoms with Crippen LogP contribution < -0.4 is 29.9 Å². The largest absolute Gasteiger partial charge is 0.506 e. The number of hydrogen-bond acceptors (Lipinski definition) is 6. The average molecular weight is 399 g/mol. The molecule has 2 aromatic carbocycles. The Kier molecular flexibility index (Phi) is 5.39. The number of ether oxygens (including phenoxy) is 2. The first-order valence-corrected chi connectivity index (χ1v) is 9.45. The van der Waals surface area contributed by atoms with Crippen LogP contribution in [0.5, 0.6) is 17.2 Å². The van der Waals surface area contributed by atoms with Gasteiger partial charge in [0.1, 0.15) is 5.75 Å². The quantitative estimate of drug-likeness (QED) is 0.585. The van der Waals surface area contributed by atoms with Crippen molar-refractivity contribution in [2.45, 2.75) is 0 Å². The summed E-state index contributed by atoms with van der Waals surface area (Å²) in [7, 11) is 0. The van der Waals surface area contributed by atoms with Gasteiger partial charge in [0.2, 0.25) is 6.79 Å². The van der Waals surface area contributed by atoms with Gasteiger partial charge in [0.25, 0.3) is 5.91 Å². The van der Waals surface area contributed by atoms with Crippen molar-refractivity contribution in [3.05, 3.63) is 42.5 Å². The number of urea groups is 1. The Morgan fingerprint density at radius 1 is 1.07 bits per heavy atom. The number of para-hydroxylation sites is 2. The molecular weight excluding hydrogens is 376 g/mol. The molecule has 4 rings (SSSR count). The van der Waals surface area contributed by atoms with Crippen molar-refractivity contribution in [2.75, 3.05) is 49.7 Å². The van der Waals surface area contributed by atoms with Crippen LogP contribution >= 0.6 is 0 Å². The minimum Gasteiger partial charge on any atom is -0.506 e. The number of quaternary nitrogens is 1. The average Bonchev–Trinajstić information content (AvgIpc) is 3.17. The van der Waals surface area contributed by atoms with Gasteiger partial charge in [0.05, 0.1) is 31.9 Å². The van der Waals surface area contributed by atoms with Gasteiger partial charge >= 0.3 is 6.03 Å². The van der Waals surface area contributed by atoms with E-state index in [9.17, 15) is 14.7 Å². The Morgan fingerprint density at radius 3 is 2.62 bits per heavy atom. The molecule has 0 aromatic heterocycles. The highest BCUT2D eigenvalue weighted by Crippen LogP contribution is 2.34. The number of hydrogen-bond donors (Lipinski definition) is 4. The molecule has 1 saturated heterocycles. The number of imide groups is 1. The van der Waals surface area contributed by atoms with E-state index in [1.54, 1.807) is 30.3 Å². The fraction of sp³-hybridized carbons (Fsp3) is 0.300. The van der Waals surface area contributed by atoms with Crippen LogP contribution in [0.25, 0.3) is 0 Å². The van der Waals surface area contributed by atoms with Gasteiger partial charge in [-0.25, -0.2) is 4.79 Å². The van der Waals surface area contributed by atoms with Crippen LogP contribution in [0.4, 0.5) is 16.2 Å². The summed E-state index contributed by atoms with van der Waals surface area (Å²) in [6.45, 7) is 3.30. The number of benzene rings is 2. The molecule has 0 atom stereocenters. The molecule has 9 heteroatoms.